The molecule has 1 atom stereocenters. The highest BCUT2D eigenvalue weighted by molar-refractivity contribution is 6.31. The van der Waals surface area contributed by atoms with E-state index in [1.165, 1.54) is 4.90 Å². The molecule has 8 heteroatoms. The normalized spacial score (nSPS) is 21.0. The van der Waals surface area contributed by atoms with E-state index in [2.05, 4.69) is 23.8 Å². The maximum Gasteiger partial charge on any atom is 0.248 e. The Hall–Kier alpha value is -1.15. The third-order valence-corrected chi connectivity index (χ3v) is 4.28. The first-order chi connectivity index (χ1) is 11.2. The molecule has 1 saturated heterocycles. The molecule has 0 aromatic carbocycles. The van der Waals surface area contributed by atoms with E-state index in [9.17, 15) is 4.79 Å². The number of rotatable bonds is 6. The molecule has 1 aliphatic rings. The van der Waals surface area contributed by atoms with E-state index >= 15 is 0 Å². The topological polar surface area (TPSA) is 59.8 Å². The summed E-state index contributed by atoms with van der Waals surface area (Å²) in [5, 5.41) is 4.85. The highest BCUT2D eigenvalue weighted by Crippen LogP contribution is 2.24. The van der Waals surface area contributed by atoms with Crippen molar-refractivity contribution in [2.24, 2.45) is 7.05 Å². The lowest BCUT2D eigenvalue weighted by Gasteiger charge is -2.42. The van der Waals surface area contributed by atoms with Gasteiger partial charge in [-0.15, -0.1) is 0 Å². The van der Waals surface area contributed by atoms with E-state index in [4.69, 9.17) is 21.1 Å². The van der Waals surface area contributed by atoms with Gasteiger partial charge < -0.3 is 14.4 Å². The Balaban J connectivity index is 1.93. The third kappa shape index (κ3) is 5.17. The van der Waals surface area contributed by atoms with Gasteiger partial charge in [-0.2, -0.15) is 5.10 Å². The molecule has 0 bridgehead atoms. The second-order valence-electron chi connectivity index (χ2n) is 7.04. The average molecular weight is 359 g/mol. The molecule has 1 aliphatic heterocycles. The smallest absolute Gasteiger partial charge is 0.248 e. The summed E-state index contributed by atoms with van der Waals surface area (Å²) in [4.78, 5) is 15.4. The zero-order chi connectivity index (χ0) is 17.9. The van der Waals surface area contributed by atoms with Crippen LogP contribution in [0.25, 0.3) is 0 Å². The number of carbonyl (C=O) groups excluding carboxylic acids is 1. The van der Waals surface area contributed by atoms with Crippen LogP contribution >= 0.6 is 11.6 Å². The van der Waals surface area contributed by atoms with Gasteiger partial charge in [-0.3, -0.25) is 14.4 Å². The summed E-state index contributed by atoms with van der Waals surface area (Å²) in [6.45, 7) is 6.79. The monoisotopic (exact) mass is 358 g/mol. The fourth-order valence-electron chi connectivity index (χ4n) is 2.86. The van der Waals surface area contributed by atoms with Crippen LogP contribution < -0.4 is 0 Å². The lowest BCUT2D eigenvalue weighted by Crippen LogP contribution is -2.53. The summed E-state index contributed by atoms with van der Waals surface area (Å²) >= 11 is 6.21. The molecule has 1 aromatic rings. The van der Waals surface area contributed by atoms with E-state index in [-0.39, 0.29) is 24.2 Å². The minimum absolute atomic E-state index is 0.0522. The molecule has 7 nitrogen and oxygen atoms in total. The number of likely N-dealkylation sites (N-methyl/N-ethyl adjacent to an activating group) is 1. The van der Waals surface area contributed by atoms with Crippen LogP contribution in [0, 0.1) is 0 Å². The molecule has 1 aromatic heterocycles. The molecule has 2 rings (SSSR count). The lowest BCUT2D eigenvalue weighted by molar-refractivity contribution is -0.161. The standard InChI is InChI=1S/C16H27ClN4O3/c1-16(2)11-21(8-14-13(17)6-18-20(14)5)7-12(24-16)9-23-10-15(22)19(3)4/h6,12H,7-11H2,1-5H3/t12-/m0/s1. The van der Waals surface area contributed by atoms with E-state index in [0.717, 1.165) is 18.8 Å². The fraction of sp³-hybridized carbons (Fsp3) is 0.750. The van der Waals surface area contributed by atoms with Crippen molar-refractivity contribution in [3.8, 4) is 0 Å². The van der Waals surface area contributed by atoms with Gasteiger partial charge in [-0.1, -0.05) is 11.6 Å². The number of hydrogen-bond donors (Lipinski definition) is 0. The molecule has 0 radical (unpaired) electrons. The first-order valence-corrected chi connectivity index (χ1v) is 8.40. The minimum Gasteiger partial charge on any atom is -0.369 e. The Kier molecular flexibility index (Phi) is 6.25. The largest absolute Gasteiger partial charge is 0.369 e. The molecule has 136 valence electrons. The highest BCUT2D eigenvalue weighted by atomic mass is 35.5. The van der Waals surface area contributed by atoms with Gasteiger partial charge in [0.1, 0.15) is 6.61 Å². The predicted molar refractivity (Wildman–Crippen MR) is 92.0 cm³/mol. The van der Waals surface area contributed by atoms with Crippen LogP contribution in [0.2, 0.25) is 5.02 Å². The Labute approximate surface area is 148 Å². The van der Waals surface area contributed by atoms with E-state index in [1.807, 2.05) is 7.05 Å². The number of amides is 1. The van der Waals surface area contributed by atoms with Gasteiger partial charge in [0.25, 0.3) is 0 Å². The van der Waals surface area contributed by atoms with Crippen molar-refractivity contribution in [3.05, 3.63) is 16.9 Å². The average Bonchev–Trinajstić information content (AvgIpc) is 2.77. The van der Waals surface area contributed by atoms with Crippen LogP contribution in [-0.4, -0.2) is 77.6 Å². The van der Waals surface area contributed by atoms with Gasteiger partial charge in [0.15, 0.2) is 0 Å². The van der Waals surface area contributed by atoms with Crippen molar-refractivity contribution in [3.63, 3.8) is 0 Å². The van der Waals surface area contributed by atoms with Crippen LogP contribution in [0.4, 0.5) is 0 Å². The number of aromatic nitrogens is 2. The number of nitrogens with zero attached hydrogens (tertiary/aromatic N) is 4. The summed E-state index contributed by atoms with van der Waals surface area (Å²) in [6.07, 6.45) is 1.58. The van der Waals surface area contributed by atoms with Crippen LogP contribution in [0.5, 0.6) is 0 Å². The third-order valence-electron chi connectivity index (χ3n) is 3.96. The molecule has 0 N–H and O–H groups in total. The van der Waals surface area contributed by atoms with Crippen molar-refractivity contribution < 1.29 is 14.3 Å². The van der Waals surface area contributed by atoms with E-state index < -0.39 is 0 Å². The van der Waals surface area contributed by atoms with E-state index in [0.29, 0.717) is 18.2 Å². The Morgan fingerprint density at radius 1 is 1.54 bits per heavy atom. The van der Waals surface area contributed by atoms with Crippen LogP contribution in [0.1, 0.15) is 19.5 Å². The lowest BCUT2D eigenvalue weighted by atomic mass is 10.1. The number of hydrogen-bond acceptors (Lipinski definition) is 5. The van der Waals surface area contributed by atoms with Gasteiger partial charge >= 0.3 is 0 Å². The number of ether oxygens (including phenoxy) is 2. The summed E-state index contributed by atoms with van der Waals surface area (Å²) in [7, 11) is 5.32. The van der Waals surface area contributed by atoms with Crippen molar-refractivity contribution >= 4 is 17.5 Å². The van der Waals surface area contributed by atoms with E-state index in [1.54, 1.807) is 25.0 Å². The van der Waals surface area contributed by atoms with Crippen molar-refractivity contribution in [2.75, 3.05) is 40.4 Å². The Morgan fingerprint density at radius 2 is 2.25 bits per heavy atom. The molecule has 2 heterocycles. The number of aryl methyl sites for hydroxylation is 1. The first-order valence-electron chi connectivity index (χ1n) is 8.02. The Bertz CT molecular complexity index is 554. The second-order valence-corrected chi connectivity index (χ2v) is 7.44. The summed E-state index contributed by atoms with van der Waals surface area (Å²) < 4.78 is 13.4. The molecule has 1 fully saturated rings. The SMILES string of the molecule is CN(C)C(=O)COC[C@@H]1CN(Cc2c(Cl)cnn2C)CC(C)(C)O1. The maximum absolute atomic E-state index is 11.6. The van der Waals surface area contributed by atoms with Crippen molar-refractivity contribution in [2.45, 2.75) is 32.1 Å². The zero-order valence-electron chi connectivity index (χ0n) is 15.1. The van der Waals surface area contributed by atoms with Crippen LogP contribution in [0.3, 0.4) is 0 Å². The number of morpholine rings is 1. The molecule has 0 spiro atoms. The van der Waals surface area contributed by atoms with Gasteiger partial charge in [0.2, 0.25) is 5.91 Å². The van der Waals surface area contributed by atoms with Gasteiger partial charge in [0, 0.05) is 40.8 Å². The summed E-state index contributed by atoms with van der Waals surface area (Å²) in [5.41, 5.74) is 0.694. The highest BCUT2D eigenvalue weighted by Gasteiger charge is 2.34. The van der Waals surface area contributed by atoms with Gasteiger partial charge in [0.05, 0.1) is 35.2 Å². The minimum atomic E-state index is -0.289. The van der Waals surface area contributed by atoms with Crippen LogP contribution in [0.15, 0.2) is 6.20 Å². The first kappa shape index (κ1) is 19.2. The molecule has 24 heavy (non-hydrogen) atoms. The second kappa shape index (κ2) is 7.82. The summed E-state index contributed by atoms with van der Waals surface area (Å²) in [5.74, 6) is -0.0522. The zero-order valence-corrected chi connectivity index (χ0v) is 15.8. The summed E-state index contributed by atoms with van der Waals surface area (Å²) in [6, 6.07) is 0. The van der Waals surface area contributed by atoms with Gasteiger partial charge in [-0.25, -0.2) is 0 Å². The Morgan fingerprint density at radius 3 is 2.83 bits per heavy atom. The number of carbonyl (C=O) groups is 1. The molecule has 0 saturated carbocycles. The predicted octanol–water partition coefficient (Wildman–Crippen LogP) is 1.16. The molecule has 0 unspecified atom stereocenters. The maximum atomic E-state index is 11.6. The van der Waals surface area contributed by atoms with Crippen molar-refractivity contribution in [1.82, 2.24) is 19.6 Å². The quantitative estimate of drug-likeness (QED) is 0.763. The number of halogens is 1. The van der Waals surface area contributed by atoms with Crippen molar-refractivity contribution in [1.29, 1.82) is 0 Å². The molecule has 0 aliphatic carbocycles. The molecular formula is C16H27ClN4O3. The fourth-order valence-corrected chi connectivity index (χ4v) is 3.08. The van der Waals surface area contributed by atoms with Crippen LogP contribution in [-0.2, 0) is 27.9 Å². The molecule has 1 amide bonds. The van der Waals surface area contributed by atoms with Gasteiger partial charge in [-0.05, 0) is 13.8 Å². The molecular weight excluding hydrogens is 332 g/mol.